The fourth-order valence-corrected chi connectivity index (χ4v) is 6.21. The van der Waals surface area contributed by atoms with Gasteiger partial charge in [0.25, 0.3) is 0 Å². The van der Waals surface area contributed by atoms with Crippen molar-refractivity contribution in [3.63, 3.8) is 0 Å². The first kappa shape index (κ1) is 26.1. The quantitative estimate of drug-likeness (QED) is 0.319. The first-order valence-electron chi connectivity index (χ1n) is 12.9. The first-order chi connectivity index (χ1) is 15.3. The Morgan fingerprint density at radius 1 is 1.27 bits per heavy atom. The molecule has 0 unspecified atom stereocenters. The zero-order chi connectivity index (χ0) is 24.6. The number of hydrogen-bond donors (Lipinski definition) is 2. The molecule has 0 aromatic rings. The van der Waals surface area contributed by atoms with Crippen LogP contribution >= 0.6 is 0 Å². The van der Waals surface area contributed by atoms with Crippen LogP contribution in [0.1, 0.15) is 93.4 Å². The van der Waals surface area contributed by atoms with Crippen LogP contribution in [0.5, 0.6) is 0 Å². The molecule has 0 bridgehead atoms. The van der Waals surface area contributed by atoms with E-state index in [1.807, 2.05) is 19.9 Å². The number of allylic oxidation sites excluding steroid dienone is 7. The number of hydrogen-bond acceptors (Lipinski definition) is 2. The average Bonchev–Trinajstić information content (AvgIpc) is 3.06. The molecule has 2 nitrogen and oxygen atoms in total. The molecule has 3 heteroatoms. The van der Waals surface area contributed by atoms with E-state index in [1.54, 1.807) is 5.57 Å². The van der Waals surface area contributed by atoms with Gasteiger partial charge in [0.2, 0.25) is 0 Å². The number of nitrogens with one attached hydrogen (secondary N) is 1. The third-order valence-electron chi connectivity index (χ3n) is 8.77. The third-order valence-corrected chi connectivity index (χ3v) is 8.77. The van der Waals surface area contributed by atoms with Crippen LogP contribution in [0.3, 0.4) is 0 Å². The summed E-state index contributed by atoms with van der Waals surface area (Å²) < 4.78 is 14.6. The van der Waals surface area contributed by atoms with Crippen LogP contribution in [0.25, 0.3) is 0 Å². The van der Waals surface area contributed by atoms with Crippen molar-refractivity contribution in [3.05, 3.63) is 47.1 Å². The fourth-order valence-electron chi connectivity index (χ4n) is 6.21. The number of alkyl halides is 1. The van der Waals surface area contributed by atoms with E-state index in [0.29, 0.717) is 24.0 Å². The molecule has 5 atom stereocenters. The third kappa shape index (κ3) is 5.45. The van der Waals surface area contributed by atoms with Gasteiger partial charge in [-0.3, -0.25) is 0 Å². The Bertz CT molecular complexity index is 868. The maximum Gasteiger partial charge on any atom is 0.111 e. The second kappa shape index (κ2) is 9.64. The van der Waals surface area contributed by atoms with E-state index in [9.17, 15) is 9.50 Å². The smallest absolute Gasteiger partial charge is 0.111 e. The molecule has 0 aromatic heterocycles. The van der Waals surface area contributed by atoms with E-state index in [1.165, 1.54) is 18.4 Å². The Hall–Kier alpha value is -1.48. The maximum absolute atomic E-state index is 14.6. The van der Waals surface area contributed by atoms with Crippen LogP contribution in [0.15, 0.2) is 47.1 Å². The Morgan fingerprint density at radius 2 is 1.97 bits per heavy atom. The van der Waals surface area contributed by atoms with Gasteiger partial charge in [-0.15, -0.1) is 0 Å². The largest absolute Gasteiger partial charge is 0.393 e. The number of halogens is 1. The van der Waals surface area contributed by atoms with Gasteiger partial charge < -0.3 is 10.5 Å². The molecule has 0 aliphatic heterocycles. The molecule has 3 aliphatic carbocycles. The van der Waals surface area contributed by atoms with Gasteiger partial charge in [0, 0.05) is 23.0 Å². The summed E-state index contributed by atoms with van der Waals surface area (Å²) in [6, 6.07) is 0. The summed E-state index contributed by atoms with van der Waals surface area (Å²) in [4.78, 5) is 0. The van der Waals surface area contributed by atoms with Crippen LogP contribution in [-0.4, -0.2) is 23.1 Å². The highest BCUT2D eigenvalue weighted by Gasteiger charge is 2.46. The monoisotopic (exact) mass is 455 g/mol. The molecule has 0 heterocycles. The molecule has 0 spiro atoms. The Labute approximate surface area is 201 Å². The van der Waals surface area contributed by atoms with Crippen LogP contribution in [0.4, 0.5) is 4.39 Å². The lowest BCUT2D eigenvalue weighted by Gasteiger charge is -2.42. The lowest BCUT2D eigenvalue weighted by atomic mass is 9.62. The highest BCUT2D eigenvalue weighted by atomic mass is 19.1. The Morgan fingerprint density at radius 3 is 2.64 bits per heavy atom. The highest BCUT2D eigenvalue weighted by molar-refractivity contribution is 5.96. The van der Waals surface area contributed by atoms with Crippen molar-refractivity contribution in [2.75, 3.05) is 0 Å². The van der Waals surface area contributed by atoms with Crippen LogP contribution in [0.2, 0.25) is 0 Å². The molecule has 184 valence electrons. The maximum atomic E-state index is 14.6. The average molecular weight is 456 g/mol. The van der Waals surface area contributed by atoms with Crippen molar-refractivity contribution in [1.29, 1.82) is 5.41 Å². The van der Waals surface area contributed by atoms with Crippen molar-refractivity contribution < 1.29 is 9.50 Å². The molecule has 33 heavy (non-hydrogen) atoms. The first-order valence-corrected chi connectivity index (χ1v) is 12.9. The summed E-state index contributed by atoms with van der Waals surface area (Å²) in [5.41, 5.74) is 4.38. The minimum atomic E-state index is -0.990. The van der Waals surface area contributed by atoms with E-state index in [0.717, 1.165) is 24.8 Å². The van der Waals surface area contributed by atoms with Crippen molar-refractivity contribution in [3.8, 4) is 0 Å². The van der Waals surface area contributed by atoms with Crippen molar-refractivity contribution in [1.82, 2.24) is 0 Å². The summed E-state index contributed by atoms with van der Waals surface area (Å²) >= 11 is 0. The molecule has 2 fully saturated rings. The fraction of sp³-hybridized carbons (Fsp3) is 0.700. The van der Waals surface area contributed by atoms with E-state index < -0.39 is 17.7 Å². The predicted molar refractivity (Wildman–Crippen MR) is 138 cm³/mol. The van der Waals surface area contributed by atoms with Crippen molar-refractivity contribution >= 4 is 5.71 Å². The van der Waals surface area contributed by atoms with E-state index in [4.69, 9.17) is 5.41 Å². The lowest BCUT2D eigenvalue weighted by Crippen LogP contribution is -2.37. The lowest BCUT2D eigenvalue weighted by molar-refractivity contribution is 0.0461. The van der Waals surface area contributed by atoms with E-state index in [-0.39, 0.29) is 17.3 Å². The molecule has 3 aliphatic rings. The van der Waals surface area contributed by atoms with E-state index in [2.05, 4.69) is 58.9 Å². The molecule has 3 rings (SSSR count). The van der Waals surface area contributed by atoms with Gasteiger partial charge in [-0.25, -0.2) is 4.39 Å². The summed E-state index contributed by atoms with van der Waals surface area (Å²) in [7, 11) is 0. The van der Waals surface area contributed by atoms with Gasteiger partial charge in [-0.2, -0.15) is 0 Å². The molecular weight excluding hydrogens is 409 g/mol. The van der Waals surface area contributed by atoms with Gasteiger partial charge in [0.05, 0.1) is 6.10 Å². The second-order valence-electron chi connectivity index (χ2n) is 12.6. The highest BCUT2D eigenvalue weighted by Crippen LogP contribution is 2.57. The van der Waals surface area contributed by atoms with Crippen LogP contribution in [-0.2, 0) is 0 Å². The Balaban J connectivity index is 1.75. The molecule has 0 saturated heterocycles. The minimum absolute atomic E-state index is 0.105. The molecule has 2 N–H and O–H groups in total. The molecular formula is C30H46FNO. The van der Waals surface area contributed by atoms with Crippen molar-refractivity contribution in [2.45, 2.75) is 106 Å². The van der Waals surface area contributed by atoms with Crippen LogP contribution in [0, 0.1) is 33.5 Å². The topological polar surface area (TPSA) is 44.1 Å². The summed E-state index contributed by atoms with van der Waals surface area (Å²) in [6.07, 6.45) is 15.9. The summed E-state index contributed by atoms with van der Waals surface area (Å²) in [6.45, 7) is 15.0. The number of rotatable bonds is 5. The predicted octanol–water partition coefficient (Wildman–Crippen LogP) is 8.14. The van der Waals surface area contributed by atoms with Gasteiger partial charge in [0.1, 0.15) is 6.17 Å². The van der Waals surface area contributed by atoms with Gasteiger partial charge in [-0.1, -0.05) is 89.5 Å². The van der Waals surface area contributed by atoms with Gasteiger partial charge in [-0.05, 0) is 61.9 Å². The Kier molecular flexibility index (Phi) is 7.63. The van der Waals surface area contributed by atoms with Gasteiger partial charge >= 0.3 is 0 Å². The number of aliphatic hydroxyl groups is 1. The van der Waals surface area contributed by atoms with Gasteiger partial charge in [0.15, 0.2) is 0 Å². The van der Waals surface area contributed by atoms with E-state index >= 15 is 0 Å². The standard InChI is InChI=1S/C30H46FNO/c1-20(10-8-12-27(32)28(2,3)4)24-15-16-25-21(11-9-17-30(24,25)7)13-14-22-18-23(33)19-26(31)29(22,5)6/h8,12-15,20,23,25-26,32-33H,9-11,16-19H2,1-7H3/b12-8+,21-13+,22-14-,32-27?/t20-,23+,25-,26-,30+/m0/s1. The zero-order valence-electron chi connectivity index (χ0n) is 22.0. The minimum Gasteiger partial charge on any atom is -0.393 e. The molecule has 0 aromatic carbocycles. The zero-order valence-corrected chi connectivity index (χ0v) is 22.0. The summed E-state index contributed by atoms with van der Waals surface area (Å²) in [5, 5.41) is 18.4. The molecule has 0 amide bonds. The number of aliphatic hydroxyl groups excluding tert-OH is 1. The second-order valence-corrected chi connectivity index (χ2v) is 12.6. The molecule has 2 saturated carbocycles. The summed E-state index contributed by atoms with van der Waals surface area (Å²) in [5.74, 6) is 0.997. The van der Waals surface area contributed by atoms with Crippen LogP contribution < -0.4 is 0 Å². The SMILES string of the molecule is C[C@@H](C/C=C/C(=N)C(C)(C)C)C1=CC[C@H]2/C(=C/C=C3/C[C@@H](O)C[C@H](F)C3(C)C)CCC[C@]12C. The van der Waals surface area contributed by atoms with Crippen molar-refractivity contribution in [2.24, 2.45) is 28.1 Å². The number of fused-ring (bicyclic) bond motifs is 1. The normalized spacial score (nSPS) is 35.7. The molecule has 0 radical (unpaired) electrons.